The number of rotatable bonds is 3. The van der Waals surface area contributed by atoms with Gasteiger partial charge in [-0.1, -0.05) is 27.7 Å². The average Bonchev–Trinajstić information content (AvgIpc) is 2.53. The Morgan fingerprint density at radius 2 is 1.41 bits per heavy atom. The van der Waals surface area contributed by atoms with E-state index in [0.29, 0.717) is 12.2 Å². The van der Waals surface area contributed by atoms with Crippen LogP contribution in [0.2, 0.25) is 0 Å². The summed E-state index contributed by atoms with van der Waals surface area (Å²) in [6.45, 7) is 17.2. The lowest BCUT2D eigenvalue weighted by Gasteiger charge is -2.30. The highest BCUT2D eigenvalue weighted by Gasteiger charge is 2.17. The minimum atomic E-state index is 0.392. The number of piperidine rings is 1. The number of hydrogen-bond donors (Lipinski definition) is 0. The van der Waals surface area contributed by atoms with Crippen molar-refractivity contribution < 1.29 is 9.47 Å². The van der Waals surface area contributed by atoms with E-state index in [0.717, 1.165) is 25.0 Å². The summed E-state index contributed by atoms with van der Waals surface area (Å²) < 4.78 is 11.0. The minimum Gasteiger partial charge on any atom is -0.381 e. The van der Waals surface area contributed by atoms with Crippen LogP contribution in [0.4, 0.5) is 0 Å². The maximum absolute atomic E-state index is 5.71. The van der Waals surface area contributed by atoms with Crippen LogP contribution in [0.15, 0.2) is 0 Å². The van der Waals surface area contributed by atoms with Gasteiger partial charge in [0.15, 0.2) is 0 Å². The first-order valence-corrected chi connectivity index (χ1v) is 9.40. The van der Waals surface area contributed by atoms with Crippen LogP contribution in [0.5, 0.6) is 0 Å². The molecule has 2 heterocycles. The second-order valence-electron chi connectivity index (χ2n) is 6.88. The third-order valence-corrected chi connectivity index (χ3v) is 4.34. The fourth-order valence-electron chi connectivity index (χ4n) is 2.89. The zero-order chi connectivity index (χ0) is 17.0. The van der Waals surface area contributed by atoms with E-state index in [1.807, 2.05) is 13.8 Å². The normalized spacial score (nSPS) is 21.1. The summed E-state index contributed by atoms with van der Waals surface area (Å²) in [5, 5.41) is 0. The number of ether oxygens (including phenoxy) is 2. The van der Waals surface area contributed by atoms with Crippen LogP contribution in [0.1, 0.15) is 67.2 Å². The summed E-state index contributed by atoms with van der Waals surface area (Å²) in [5.74, 6) is 1.78. The van der Waals surface area contributed by atoms with Gasteiger partial charge in [-0.25, -0.2) is 0 Å². The molecule has 3 heteroatoms. The van der Waals surface area contributed by atoms with Crippen LogP contribution in [0.25, 0.3) is 0 Å². The highest BCUT2D eigenvalue weighted by atomic mass is 16.5. The number of nitrogens with zero attached hydrogens (tertiary/aromatic N) is 1. The molecule has 0 bridgehead atoms. The Bertz CT molecular complexity index is 230. The van der Waals surface area contributed by atoms with E-state index in [-0.39, 0.29) is 0 Å². The molecule has 0 atom stereocenters. The van der Waals surface area contributed by atoms with E-state index in [4.69, 9.17) is 9.47 Å². The lowest BCUT2D eigenvalue weighted by molar-refractivity contribution is -0.0232. The van der Waals surface area contributed by atoms with Crippen LogP contribution in [-0.4, -0.2) is 50.5 Å². The maximum Gasteiger partial charge on any atom is 0.0603 e. The highest BCUT2D eigenvalue weighted by molar-refractivity contribution is 4.70. The van der Waals surface area contributed by atoms with Crippen LogP contribution in [0.3, 0.4) is 0 Å². The molecule has 22 heavy (non-hydrogen) atoms. The molecule has 0 amide bonds. The van der Waals surface area contributed by atoms with Crippen molar-refractivity contribution >= 4 is 0 Å². The van der Waals surface area contributed by atoms with Crippen molar-refractivity contribution in [2.24, 2.45) is 11.8 Å². The molecule has 0 aromatic rings. The fourth-order valence-corrected chi connectivity index (χ4v) is 2.89. The van der Waals surface area contributed by atoms with Crippen molar-refractivity contribution in [3.8, 4) is 0 Å². The van der Waals surface area contributed by atoms with E-state index < -0.39 is 0 Å². The van der Waals surface area contributed by atoms with Crippen molar-refractivity contribution in [1.29, 1.82) is 0 Å². The van der Waals surface area contributed by atoms with Gasteiger partial charge in [0.05, 0.1) is 12.2 Å². The molecule has 2 fully saturated rings. The molecule has 0 radical (unpaired) electrons. The summed E-state index contributed by atoms with van der Waals surface area (Å²) in [6, 6.07) is 0. The van der Waals surface area contributed by atoms with Gasteiger partial charge in [-0.15, -0.1) is 0 Å². The number of likely N-dealkylation sites (tertiary alicyclic amines) is 1. The predicted molar refractivity (Wildman–Crippen MR) is 96.5 cm³/mol. The van der Waals surface area contributed by atoms with Crippen molar-refractivity contribution in [3.05, 3.63) is 0 Å². The van der Waals surface area contributed by atoms with Crippen molar-refractivity contribution in [3.63, 3.8) is 0 Å². The van der Waals surface area contributed by atoms with Gasteiger partial charge in [-0.2, -0.15) is 0 Å². The molecule has 0 unspecified atom stereocenters. The third kappa shape index (κ3) is 10.6. The van der Waals surface area contributed by atoms with Crippen LogP contribution in [0, 0.1) is 11.8 Å². The molecule has 0 aromatic carbocycles. The molecule has 2 aliphatic rings. The Kier molecular flexibility index (Phi) is 13.3. The first-order valence-electron chi connectivity index (χ1n) is 9.40. The topological polar surface area (TPSA) is 21.7 Å². The van der Waals surface area contributed by atoms with E-state index in [2.05, 4.69) is 39.6 Å². The van der Waals surface area contributed by atoms with Crippen LogP contribution >= 0.6 is 0 Å². The second kappa shape index (κ2) is 13.3. The molecule has 2 saturated heterocycles. The molecule has 0 aromatic heterocycles. The molecular weight excluding hydrogens is 274 g/mol. The van der Waals surface area contributed by atoms with E-state index in [9.17, 15) is 0 Å². The first-order chi connectivity index (χ1) is 10.5. The summed E-state index contributed by atoms with van der Waals surface area (Å²) in [4.78, 5) is 2.36. The molecule has 2 aliphatic heterocycles. The Balaban J connectivity index is 0.000000366. The highest BCUT2D eigenvalue weighted by Crippen LogP contribution is 2.22. The molecule has 0 saturated carbocycles. The average molecular weight is 316 g/mol. The van der Waals surface area contributed by atoms with Gasteiger partial charge in [0.25, 0.3) is 0 Å². The smallest absolute Gasteiger partial charge is 0.0603 e. The summed E-state index contributed by atoms with van der Waals surface area (Å²) in [6.07, 6.45) is 5.87. The van der Waals surface area contributed by atoms with Gasteiger partial charge in [-0.05, 0) is 58.4 Å². The molecular formula is C19H41NO2. The zero-order valence-corrected chi connectivity index (χ0v) is 16.2. The number of hydrogen-bond acceptors (Lipinski definition) is 3. The van der Waals surface area contributed by atoms with E-state index in [1.54, 1.807) is 0 Å². The molecule has 134 valence electrons. The molecule has 0 aliphatic carbocycles. The molecule has 2 rings (SSSR count). The zero-order valence-electron chi connectivity index (χ0n) is 16.2. The Morgan fingerprint density at radius 1 is 0.909 bits per heavy atom. The van der Waals surface area contributed by atoms with E-state index in [1.165, 1.54) is 38.8 Å². The van der Waals surface area contributed by atoms with Crippen molar-refractivity contribution in [2.75, 3.05) is 33.4 Å². The van der Waals surface area contributed by atoms with Gasteiger partial charge < -0.3 is 14.4 Å². The Morgan fingerprint density at radius 3 is 1.77 bits per heavy atom. The molecule has 3 nitrogen and oxygen atoms in total. The lowest BCUT2D eigenvalue weighted by atomic mass is 9.89. The Hall–Kier alpha value is -0.120. The summed E-state index contributed by atoms with van der Waals surface area (Å²) >= 11 is 0. The summed E-state index contributed by atoms with van der Waals surface area (Å²) in [5.41, 5.74) is 0. The molecule has 0 spiro atoms. The Labute approximate surface area is 139 Å². The third-order valence-electron chi connectivity index (χ3n) is 4.34. The second-order valence-corrected chi connectivity index (χ2v) is 6.88. The summed E-state index contributed by atoms with van der Waals surface area (Å²) in [7, 11) is 2.17. The lowest BCUT2D eigenvalue weighted by Crippen LogP contribution is -2.35. The largest absolute Gasteiger partial charge is 0.381 e. The standard InChI is InChI=1S/C9H19NO.C8H16O.C2H6/c1-8(2)11-9-4-6-10(3)7-5-9;1-7(2)8-3-5-9-6-4-8;1-2/h8-9H,4-7H2,1-3H3;7-8H,3-6H2,1-2H3;1-2H3. The van der Waals surface area contributed by atoms with Gasteiger partial charge in [-0.3, -0.25) is 0 Å². The predicted octanol–water partition coefficient (Wildman–Crippen LogP) is 4.60. The first kappa shape index (κ1) is 21.9. The van der Waals surface area contributed by atoms with Crippen molar-refractivity contribution in [2.45, 2.75) is 79.4 Å². The quantitative estimate of drug-likeness (QED) is 0.759. The van der Waals surface area contributed by atoms with Crippen LogP contribution < -0.4 is 0 Å². The van der Waals surface area contributed by atoms with E-state index >= 15 is 0 Å². The minimum absolute atomic E-state index is 0.392. The van der Waals surface area contributed by atoms with Crippen molar-refractivity contribution in [1.82, 2.24) is 4.90 Å². The van der Waals surface area contributed by atoms with Gasteiger partial charge in [0, 0.05) is 26.3 Å². The van der Waals surface area contributed by atoms with Crippen LogP contribution in [-0.2, 0) is 9.47 Å². The SMILES string of the molecule is CC.CC(C)C1CCOCC1.CC(C)OC1CCN(C)CC1. The van der Waals surface area contributed by atoms with Gasteiger partial charge in [0.2, 0.25) is 0 Å². The van der Waals surface area contributed by atoms with Gasteiger partial charge >= 0.3 is 0 Å². The monoisotopic (exact) mass is 315 g/mol. The van der Waals surface area contributed by atoms with Gasteiger partial charge in [0.1, 0.15) is 0 Å². The molecule has 0 N–H and O–H groups in total. The fraction of sp³-hybridized carbons (Fsp3) is 1.00. The maximum atomic E-state index is 5.71.